The molecule has 23 heavy (non-hydrogen) atoms. The van der Waals surface area contributed by atoms with E-state index in [4.69, 9.17) is 19.9 Å². The molecule has 0 radical (unpaired) electrons. The number of ether oxygens (including phenoxy) is 3. The highest BCUT2D eigenvalue weighted by Crippen LogP contribution is 2.40. The topological polar surface area (TPSA) is 70.8 Å². The van der Waals surface area contributed by atoms with Gasteiger partial charge in [-0.25, -0.2) is 4.79 Å². The van der Waals surface area contributed by atoms with Crippen LogP contribution < -0.4 is 10.5 Å². The molecular weight excluding hydrogens is 294 g/mol. The maximum Gasteiger partial charge on any atom is 0.337 e. The van der Waals surface area contributed by atoms with E-state index in [2.05, 4.69) is 0 Å². The van der Waals surface area contributed by atoms with Gasteiger partial charge in [0.2, 0.25) is 0 Å². The molecule has 0 aromatic heterocycles. The van der Waals surface area contributed by atoms with Gasteiger partial charge in [-0.3, -0.25) is 0 Å². The molecular formula is C18H25NO4. The van der Waals surface area contributed by atoms with Gasteiger partial charge in [-0.1, -0.05) is 6.42 Å². The van der Waals surface area contributed by atoms with Crippen molar-refractivity contribution in [2.24, 2.45) is 11.7 Å². The predicted octanol–water partition coefficient (Wildman–Crippen LogP) is 2.83. The second-order valence-electron chi connectivity index (χ2n) is 6.53. The molecule has 1 fully saturated rings. The van der Waals surface area contributed by atoms with Crippen molar-refractivity contribution >= 4 is 5.97 Å². The normalized spacial score (nSPS) is 30.2. The highest BCUT2D eigenvalue weighted by molar-refractivity contribution is 5.89. The van der Waals surface area contributed by atoms with Crippen molar-refractivity contribution < 1.29 is 19.0 Å². The Balaban J connectivity index is 1.77. The minimum Gasteiger partial charge on any atom is -0.490 e. The van der Waals surface area contributed by atoms with Gasteiger partial charge in [0, 0.05) is 25.1 Å². The molecule has 1 aromatic carbocycles. The Morgan fingerprint density at radius 2 is 2.09 bits per heavy atom. The van der Waals surface area contributed by atoms with Gasteiger partial charge in [0.05, 0.1) is 18.8 Å². The van der Waals surface area contributed by atoms with E-state index >= 15 is 0 Å². The molecule has 0 bridgehead atoms. The molecule has 0 spiro atoms. The van der Waals surface area contributed by atoms with Gasteiger partial charge >= 0.3 is 5.97 Å². The van der Waals surface area contributed by atoms with E-state index in [0.29, 0.717) is 17.6 Å². The van der Waals surface area contributed by atoms with Crippen molar-refractivity contribution in [1.82, 2.24) is 0 Å². The summed E-state index contributed by atoms with van der Waals surface area (Å²) in [5.74, 6) is 0.923. The van der Waals surface area contributed by atoms with Crippen LogP contribution in [0.2, 0.25) is 0 Å². The summed E-state index contributed by atoms with van der Waals surface area (Å²) in [6.07, 6.45) is 5.72. The molecule has 2 aliphatic rings. The van der Waals surface area contributed by atoms with Crippen LogP contribution in [0.3, 0.4) is 0 Å². The van der Waals surface area contributed by atoms with Crippen molar-refractivity contribution in [2.75, 3.05) is 14.2 Å². The fourth-order valence-corrected chi connectivity index (χ4v) is 3.80. The van der Waals surface area contributed by atoms with Crippen LogP contribution in [-0.4, -0.2) is 32.4 Å². The molecule has 1 aliphatic heterocycles. The third-order valence-corrected chi connectivity index (χ3v) is 5.12. The summed E-state index contributed by atoms with van der Waals surface area (Å²) in [6, 6.07) is 5.25. The maximum absolute atomic E-state index is 11.7. The number of carbonyl (C=O) groups is 1. The van der Waals surface area contributed by atoms with Crippen LogP contribution in [-0.2, 0) is 9.47 Å². The van der Waals surface area contributed by atoms with Crippen molar-refractivity contribution in [3.8, 4) is 5.75 Å². The largest absolute Gasteiger partial charge is 0.490 e. The standard InChI is InChI=1S/C18H25NO4/c1-21-13-5-3-4-11(8-13)17-10-15(19)14-9-12(18(20)22-2)6-7-16(14)23-17/h6-7,9,11,13,15,17H,3-5,8,10,19H2,1-2H3/t11?,13?,15-,17-/m1/s1. The lowest BCUT2D eigenvalue weighted by Crippen LogP contribution is -2.38. The zero-order chi connectivity index (χ0) is 16.4. The number of hydrogen-bond acceptors (Lipinski definition) is 5. The van der Waals surface area contributed by atoms with Crippen molar-refractivity contribution in [3.05, 3.63) is 29.3 Å². The average Bonchev–Trinajstić information content (AvgIpc) is 2.60. The number of rotatable bonds is 3. The first kappa shape index (κ1) is 16.3. The van der Waals surface area contributed by atoms with Crippen LogP contribution >= 0.6 is 0 Å². The molecule has 5 heteroatoms. The number of fused-ring (bicyclic) bond motifs is 1. The summed E-state index contributed by atoms with van der Waals surface area (Å²) in [7, 11) is 3.16. The molecule has 5 nitrogen and oxygen atoms in total. The summed E-state index contributed by atoms with van der Waals surface area (Å²) in [4.78, 5) is 11.7. The van der Waals surface area contributed by atoms with E-state index in [9.17, 15) is 4.79 Å². The molecule has 0 amide bonds. The fraction of sp³-hybridized carbons (Fsp3) is 0.611. The van der Waals surface area contributed by atoms with Gasteiger partial charge in [0.15, 0.2) is 0 Å². The number of hydrogen-bond donors (Lipinski definition) is 1. The number of nitrogens with two attached hydrogens (primary N) is 1. The first-order valence-corrected chi connectivity index (χ1v) is 8.29. The Kier molecular flexibility index (Phi) is 4.87. The summed E-state index contributed by atoms with van der Waals surface area (Å²) in [6.45, 7) is 0. The summed E-state index contributed by atoms with van der Waals surface area (Å²) < 4.78 is 16.5. The molecule has 2 N–H and O–H groups in total. The van der Waals surface area contributed by atoms with E-state index < -0.39 is 0 Å². The van der Waals surface area contributed by atoms with Crippen LogP contribution in [0.25, 0.3) is 0 Å². The smallest absolute Gasteiger partial charge is 0.337 e. The fourth-order valence-electron chi connectivity index (χ4n) is 3.80. The molecule has 1 aromatic rings. The predicted molar refractivity (Wildman–Crippen MR) is 86.5 cm³/mol. The molecule has 4 atom stereocenters. The van der Waals surface area contributed by atoms with Gasteiger partial charge in [0.25, 0.3) is 0 Å². The molecule has 1 saturated carbocycles. The molecule has 1 aliphatic carbocycles. The van der Waals surface area contributed by atoms with Crippen LogP contribution in [0.4, 0.5) is 0 Å². The quantitative estimate of drug-likeness (QED) is 0.868. The third-order valence-electron chi connectivity index (χ3n) is 5.12. The summed E-state index contributed by atoms with van der Waals surface area (Å²) in [5, 5.41) is 0. The second-order valence-corrected chi connectivity index (χ2v) is 6.53. The summed E-state index contributed by atoms with van der Waals surface area (Å²) in [5.41, 5.74) is 7.76. The van der Waals surface area contributed by atoms with Crippen LogP contribution in [0.15, 0.2) is 18.2 Å². The maximum atomic E-state index is 11.7. The van der Waals surface area contributed by atoms with Gasteiger partial charge in [-0.05, 0) is 43.4 Å². The highest BCUT2D eigenvalue weighted by atomic mass is 16.5. The van der Waals surface area contributed by atoms with Gasteiger partial charge in [-0.15, -0.1) is 0 Å². The Labute approximate surface area is 137 Å². The minimum absolute atomic E-state index is 0.115. The van der Waals surface area contributed by atoms with Gasteiger partial charge in [-0.2, -0.15) is 0 Å². The van der Waals surface area contributed by atoms with E-state index in [1.54, 1.807) is 19.2 Å². The monoisotopic (exact) mass is 319 g/mol. The van der Waals surface area contributed by atoms with Crippen LogP contribution in [0.5, 0.6) is 5.75 Å². The van der Waals surface area contributed by atoms with E-state index in [0.717, 1.165) is 37.0 Å². The number of methoxy groups -OCH3 is 2. The number of esters is 1. The number of carbonyl (C=O) groups excluding carboxylic acids is 1. The lowest BCUT2D eigenvalue weighted by atomic mass is 9.79. The van der Waals surface area contributed by atoms with Crippen molar-refractivity contribution in [1.29, 1.82) is 0 Å². The molecule has 2 unspecified atom stereocenters. The van der Waals surface area contributed by atoms with Crippen molar-refractivity contribution in [2.45, 2.75) is 50.4 Å². The van der Waals surface area contributed by atoms with Gasteiger partial charge < -0.3 is 19.9 Å². The Morgan fingerprint density at radius 3 is 2.83 bits per heavy atom. The molecule has 126 valence electrons. The van der Waals surface area contributed by atoms with Crippen LogP contribution in [0.1, 0.15) is 54.1 Å². The lowest BCUT2D eigenvalue weighted by Gasteiger charge is -2.38. The Bertz CT molecular complexity index is 574. The average molecular weight is 319 g/mol. The van der Waals surface area contributed by atoms with E-state index in [1.165, 1.54) is 13.5 Å². The first-order valence-electron chi connectivity index (χ1n) is 8.29. The zero-order valence-corrected chi connectivity index (χ0v) is 13.8. The molecule has 3 rings (SSSR count). The minimum atomic E-state index is -0.350. The molecule has 0 saturated heterocycles. The van der Waals surface area contributed by atoms with E-state index in [-0.39, 0.29) is 18.1 Å². The number of benzene rings is 1. The summed E-state index contributed by atoms with van der Waals surface area (Å²) >= 11 is 0. The molecule has 1 heterocycles. The lowest BCUT2D eigenvalue weighted by molar-refractivity contribution is 0.00597. The second kappa shape index (κ2) is 6.89. The van der Waals surface area contributed by atoms with E-state index in [1.807, 2.05) is 6.07 Å². The Morgan fingerprint density at radius 1 is 1.26 bits per heavy atom. The first-order chi connectivity index (χ1) is 11.1. The SMILES string of the molecule is COC(=O)c1ccc2c(c1)[C@H](N)C[C@H](C1CCCC(OC)C1)O2. The third kappa shape index (κ3) is 3.35. The van der Waals surface area contributed by atoms with Gasteiger partial charge in [0.1, 0.15) is 11.9 Å². The Hall–Kier alpha value is -1.59. The zero-order valence-electron chi connectivity index (χ0n) is 13.8. The van der Waals surface area contributed by atoms with Crippen molar-refractivity contribution in [3.63, 3.8) is 0 Å². The van der Waals surface area contributed by atoms with Crippen LogP contribution in [0, 0.1) is 5.92 Å². The highest BCUT2D eigenvalue weighted by Gasteiger charge is 2.35.